The normalized spacial score (nSPS) is 11.2. The van der Waals surface area contributed by atoms with E-state index in [4.69, 9.17) is 4.74 Å². The molecule has 0 N–H and O–H groups in total. The zero-order valence-electron chi connectivity index (χ0n) is 15.4. The van der Waals surface area contributed by atoms with E-state index in [1.165, 1.54) is 29.7 Å². The SMILES string of the molecule is COc1ccccc1CN(CCCCCn1cccn1)Cc1cccs1. The minimum Gasteiger partial charge on any atom is -0.496 e. The number of hydrogen-bond donors (Lipinski definition) is 0. The molecule has 0 bridgehead atoms. The van der Waals surface area contributed by atoms with Crippen molar-refractivity contribution in [3.8, 4) is 5.75 Å². The molecule has 0 radical (unpaired) electrons. The average Bonchev–Trinajstić information content (AvgIpc) is 3.36. The van der Waals surface area contributed by atoms with Crippen molar-refractivity contribution in [2.45, 2.75) is 38.9 Å². The lowest BCUT2D eigenvalue weighted by Gasteiger charge is -2.23. The molecule has 5 heteroatoms. The molecule has 3 aromatic rings. The second-order valence-electron chi connectivity index (χ2n) is 6.43. The summed E-state index contributed by atoms with van der Waals surface area (Å²) in [6.07, 6.45) is 7.46. The molecule has 0 unspecified atom stereocenters. The maximum Gasteiger partial charge on any atom is 0.123 e. The summed E-state index contributed by atoms with van der Waals surface area (Å²) in [5.74, 6) is 0.974. The van der Waals surface area contributed by atoms with Gasteiger partial charge in [-0.3, -0.25) is 9.58 Å². The van der Waals surface area contributed by atoms with Crippen LogP contribution in [-0.4, -0.2) is 28.3 Å². The molecule has 0 saturated heterocycles. The lowest BCUT2D eigenvalue weighted by atomic mass is 10.1. The second kappa shape index (κ2) is 10.1. The first-order valence-electron chi connectivity index (χ1n) is 9.19. The molecule has 2 aromatic heterocycles. The van der Waals surface area contributed by atoms with Gasteiger partial charge in [0.1, 0.15) is 5.75 Å². The number of aryl methyl sites for hydroxylation is 1. The highest BCUT2D eigenvalue weighted by molar-refractivity contribution is 7.09. The van der Waals surface area contributed by atoms with Crippen LogP contribution >= 0.6 is 11.3 Å². The number of hydrogen-bond acceptors (Lipinski definition) is 4. The van der Waals surface area contributed by atoms with Crippen LogP contribution in [0.5, 0.6) is 5.75 Å². The summed E-state index contributed by atoms with van der Waals surface area (Å²) >= 11 is 1.83. The van der Waals surface area contributed by atoms with E-state index < -0.39 is 0 Å². The van der Waals surface area contributed by atoms with E-state index in [0.717, 1.165) is 31.9 Å². The third kappa shape index (κ3) is 5.71. The monoisotopic (exact) mass is 369 g/mol. The fraction of sp³-hybridized carbons (Fsp3) is 0.381. The van der Waals surface area contributed by atoms with Gasteiger partial charge in [0.25, 0.3) is 0 Å². The first-order valence-corrected chi connectivity index (χ1v) is 10.1. The van der Waals surface area contributed by atoms with E-state index in [-0.39, 0.29) is 0 Å². The molecule has 0 fully saturated rings. The van der Waals surface area contributed by atoms with Crippen LogP contribution in [-0.2, 0) is 19.6 Å². The molecule has 1 aromatic carbocycles. The van der Waals surface area contributed by atoms with Crippen molar-refractivity contribution in [1.82, 2.24) is 14.7 Å². The number of methoxy groups -OCH3 is 1. The van der Waals surface area contributed by atoms with Crippen molar-refractivity contribution in [1.29, 1.82) is 0 Å². The lowest BCUT2D eigenvalue weighted by Crippen LogP contribution is -2.24. The molecule has 0 atom stereocenters. The quantitative estimate of drug-likeness (QED) is 0.454. The van der Waals surface area contributed by atoms with E-state index in [0.29, 0.717) is 0 Å². The van der Waals surface area contributed by atoms with Crippen molar-refractivity contribution in [3.05, 3.63) is 70.7 Å². The molecule has 0 aliphatic rings. The Morgan fingerprint density at radius 1 is 1.04 bits per heavy atom. The van der Waals surface area contributed by atoms with E-state index in [9.17, 15) is 0 Å². The Labute approximate surface area is 160 Å². The molecular formula is C21H27N3OS. The molecule has 2 heterocycles. The van der Waals surface area contributed by atoms with Crippen LogP contribution < -0.4 is 4.74 Å². The maximum absolute atomic E-state index is 5.53. The van der Waals surface area contributed by atoms with Gasteiger partial charge in [0.2, 0.25) is 0 Å². The van der Waals surface area contributed by atoms with Gasteiger partial charge in [-0.05, 0) is 43.0 Å². The summed E-state index contributed by atoms with van der Waals surface area (Å²) in [5, 5.41) is 6.42. The number of aromatic nitrogens is 2. The van der Waals surface area contributed by atoms with Crippen LogP contribution in [0.1, 0.15) is 29.7 Å². The predicted octanol–water partition coefficient (Wildman–Crippen LogP) is 4.83. The number of ether oxygens (including phenoxy) is 1. The number of benzene rings is 1. The van der Waals surface area contributed by atoms with Gasteiger partial charge in [0.05, 0.1) is 7.11 Å². The smallest absolute Gasteiger partial charge is 0.123 e. The first-order chi connectivity index (χ1) is 12.8. The number of thiophene rings is 1. The standard InChI is InChI=1S/C21H27N3OS/c1-25-21-11-4-3-9-19(21)17-23(18-20-10-7-16-26-20)13-5-2-6-14-24-15-8-12-22-24/h3-4,7-12,15-16H,2,5-6,13-14,17-18H2,1H3. The van der Waals surface area contributed by atoms with Crippen molar-refractivity contribution < 1.29 is 4.74 Å². The third-order valence-electron chi connectivity index (χ3n) is 4.47. The Morgan fingerprint density at radius 3 is 2.73 bits per heavy atom. The molecule has 0 aliphatic carbocycles. The van der Waals surface area contributed by atoms with Crippen LogP contribution in [0.4, 0.5) is 0 Å². The van der Waals surface area contributed by atoms with Gasteiger partial charge in [-0.15, -0.1) is 11.3 Å². The number of nitrogens with zero attached hydrogens (tertiary/aromatic N) is 3. The van der Waals surface area contributed by atoms with Gasteiger partial charge < -0.3 is 4.74 Å². The van der Waals surface area contributed by atoms with Crippen LogP contribution in [0, 0.1) is 0 Å². The molecule has 0 aliphatic heterocycles. The first kappa shape index (κ1) is 18.7. The summed E-state index contributed by atoms with van der Waals surface area (Å²) < 4.78 is 7.54. The Morgan fingerprint density at radius 2 is 1.96 bits per heavy atom. The zero-order chi connectivity index (χ0) is 18.0. The minimum absolute atomic E-state index is 0.918. The van der Waals surface area contributed by atoms with Gasteiger partial charge in [-0.1, -0.05) is 30.7 Å². The number of unbranched alkanes of at least 4 members (excludes halogenated alkanes) is 2. The summed E-state index contributed by atoms with van der Waals surface area (Å²) in [4.78, 5) is 3.94. The van der Waals surface area contributed by atoms with Gasteiger partial charge in [-0.25, -0.2) is 0 Å². The van der Waals surface area contributed by atoms with Crippen LogP contribution in [0.25, 0.3) is 0 Å². The van der Waals surface area contributed by atoms with Gasteiger partial charge in [0.15, 0.2) is 0 Å². The lowest BCUT2D eigenvalue weighted by molar-refractivity contribution is 0.247. The maximum atomic E-state index is 5.53. The second-order valence-corrected chi connectivity index (χ2v) is 7.46. The molecule has 0 saturated carbocycles. The average molecular weight is 370 g/mol. The van der Waals surface area contributed by atoms with E-state index in [1.54, 1.807) is 7.11 Å². The van der Waals surface area contributed by atoms with E-state index in [2.05, 4.69) is 39.6 Å². The van der Waals surface area contributed by atoms with E-state index >= 15 is 0 Å². The fourth-order valence-corrected chi connectivity index (χ4v) is 3.88. The summed E-state index contributed by atoms with van der Waals surface area (Å²) in [6.45, 7) is 4.01. The van der Waals surface area contributed by atoms with Gasteiger partial charge >= 0.3 is 0 Å². The third-order valence-corrected chi connectivity index (χ3v) is 5.33. The van der Waals surface area contributed by atoms with Crippen molar-refractivity contribution in [2.24, 2.45) is 0 Å². The topological polar surface area (TPSA) is 30.3 Å². The van der Waals surface area contributed by atoms with E-state index in [1.807, 2.05) is 46.6 Å². The van der Waals surface area contributed by atoms with Crippen LogP contribution in [0.15, 0.2) is 60.2 Å². The van der Waals surface area contributed by atoms with Gasteiger partial charge in [-0.2, -0.15) is 5.10 Å². The van der Waals surface area contributed by atoms with Crippen LogP contribution in [0.2, 0.25) is 0 Å². The summed E-state index contributed by atoms with van der Waals surface area (Å²) in [6, 6.07) is 14.7. The Kier molecular flexibility index (Phi) is 7.28. The molecule has 4 nitrogen and oxygen atoms in total. The predicted molar refractivity (Wildman–Crippen MR) is 108 cm³/mol. The molecule has 0 spiro atoms. The largest absolute Gasteiger partial charge is 0.496 e. The highest BCUT2D eigenvalue weighted by Gasteiger charge is 2.11. The zero-order valence-corrected chi connectivity index (χ0v) is 16.2. The van der Waals surface area contributed by atoms with Gasteiger partial charge in [0, 0.05) is 42.5 Å². The highest BCUT2D eigenvalue weighted by atomic mass is 32.1. The minimum atomic E-state index is 0.918. The Bertz CT molecular complexity index is 740. The summed E-state index contributed by atoms with van der Waals surface area (Å²) in [7, 11) is 1.75. The molecule has 138 valence electrons. The molecule has 0 amide bonds. The van der Waals surface area contributed by atoms with Crippen LogP contribution in [0.3, 0.4) is 0 Å². The molecular weight excluding hydrogens is 342 g/mol. The van der Waals surface area contributed by atoms with Crippen molar-refractivity contribution in [2.75, 3.05) is 13.7 Å². The number of rotatable bonds is 11. The highest BCUT2D eigenvalue weighted by Crippen LogP contribution is 2.21. The molecule has 26 heavy (non-hydrogen) atoms. The number of para-hydroxylation sites is 1. The van der Waals surface area contributed by atoms with Crippen molar-refractivity contribution >= 4 is 11.3 Å². The Balaban J connectivity index is 1.52. The Hall–Kier alpha value is -2.11. The molecule has 3 rings (SSSR count). The summed E-state index contributed by atoms with van der Waals surface area (Å²) in [5.41, 5.74) is 1.25. The fourth-order valence-electron chi connectivity index (χ4n) is 3.13. The van der Waals surface area contributed by atoms with Crippen molar-refractivity contribution in [3.63, 3.8) is 0 Å².